The first kappa shape index (κ1) is 17.5. The van der Waals surface area contributed by atoms with Crippen LogP contribution in [0.1, 0.15) is 28.8 Å². The first-order valence-electron chi connectivity index (χ1n) is 8.68. The van der Waals surface area contributed by atoms with Crippen LogP contribution in [0.5, 0.6) is 0 Å². The summed E-state index contributed by atoms with van der Waals surface area (Å²) < 4.78 is 7.61. The number of fused-ring (bicyclic) bond motifs is 1. The zero-order chi connectivity index (χ0) is 19.5. The zero-order valence-electron chi connectivity index (χ0n) is 15.0. The quantitative estimate of drug-likeness (QED) is 0.485. The molecule has 0 aliphatic heterocycles. The van der Waals surface area contributed by atoms with E-state index in [0.29, 0.717) is 5.69 Å². The Morgan fingerprint density at radius 3 is 2.64 bits per heavy atom. The molecule has 0 N–H and O–H groups in total. The fraction of sp³-hybridized carbons (Fsp3) is 0.158. The lowest BCUT2D eigenvalue weighted by Gasteiger charge is -2.03. The van der Waals surface area contributed by atoms with Gasteiger partial charge in [-0.1, -0.05) is 24.3 Å². The van der Waals surface area contributed by atoms with Gasteiger partial charge >= 0.3 is 5.97 Å². The highest BCUT2D eigenvalue weighted by Gasteiger charge is 2.23. The minimum atomic E-state index is -0.704. The van der Waals surface area contributed by atoms with E-state index in [2.05, 4.69) is 20.3 Å². The molecule has 0 aliphatic rings. The van der Waals surface area contributed by atoms with Crippen molar-refractivity contribution in [2.45, 2.75) is 13.3 Å². The van der Waals surface area contributed by atoms with E-state index in [4.69, 9.17) is 4.74 Å². The number of carbonyl (C=O) groups excluding carboxylic acids is 1. The van der Waals surface area contributed by atoms with Crippen LogP contribution >= 0.6 is 0 Å². The lowest BCUT2D eigenvalue weighted by molar-refractivity contribution is 0.0509. The average Bonchev–Trinajstić information content (AvgIpc) is 3.12. The second kappa shape index (κ2) is 7.39. The maximum atomic E-state index is 13.1. The van der Waals surface area contributed by atoms with Gasteiger partial charge in [0.15, 0.2) is 0 Å². The van der Waals surface area contributed by atoms with Gasteiger partial charge in [0.2, 0.25) is 5.82 Å². The minimum Gasteiger partial charge on any atom is -0.460 e. The molecule has 9 heteroatoms. The molecule has 0 spiro atoms. The zero-order valence-corrected chi connectivity index (χ0v) is 15.0. The number of nitrogens with zero attached hydrogens (tertiary/aromatic N) is 6. The van der Waals surface area contributed by atoms with Gasteiger partial charge in [0.05, 0.1) is 12.3 Å². The van der Waals surface area contributed by atoms with Crippen molar-refractivity contribution in [3.05, 3.63) is 82.3 Å². The Kier molecular flexibility index (Phi) is 4.63. The molecular weight excluding hydrogens is 360 g/mol. The van der Waals surface area contributed by atoms with Crippen molar-refractivity contribution in [2.75, 3.05) is 6.61 Å². The molecule has 0 saturated carbocycles. The van der Waals surface area contributed by atoms with Crippen LogP contribution in [0, 0.1) is 0 Å². The molecule has 0 fully saturated rings. The van der Waals surface area contributed by atoms with Gasteiger partial charge in [0, 0.05) is 18.8 Å². The van der Waals surface area contributed by atoms with Gasteiger partial charge in [-0.2, -0.15) is 4.68 Å². The van der Waals surface area contributed by atoms with Crippen LogP contribution in [0.2, 0.25) is 0 Å². The standard InChI is InChI=1S/C19H16N6O3/c1-2-28-18(27)16-23-25(14-8-4-3-5-9-14)19-22-21-15(17(26)24(16)19)11-13-7-6-10-20-12-13/h3-10,12H,2,11H2,1H3. The molecular formula is C19H16N6O3. The highest BCUT2D eigenvalue weighted by molar-refractivity contribution is 5.86. The summed E-state index contributed by atoms with van der Waals surface area (Å²) in [4.78, 5) is 29.5. The molecule has 3 aromatic heterocycles. The maximum Gasteiger partial charge on any atom is 0.376 e. The van der Waals surface area contributed by atoms with Gasteiger partial charge in [-0.25, -0.2) is 9.20 Å². The number of aromatic nitrogens is 6. The van der Waals surface area contributed by atoms with Gasteiger partial charge in [-0.15, -0.1) is 15.3 Å². The molecule has 0 aliphatic carbocycles. The van der Waals surface area contributed by atoms with Crippen LogP contribution in [0.15, 0.2) is 59.7 Å². The molecule has 0 bridgehead atoms. The van der Waals surface area contributed by atoms with Crippen molar-refractivity contribution in [3.63, 3.8) is 0 Å². The lowest BCUT2D eigenvalue weighted by atomic mass is 10.2. The molecule has 0 saturated heterocycles. The monoisotopic (exact) mass is 376 g/mol. The molecule has 1 aromatic carbocycles. The number of rotatable bonds is 5. The number of ether oxygens (including phenoxy) is 1. The highest BCUT2D eigenvalue weighted by atomic mass is 16.5. The number of hydrogen-bond donors (Lipinski definition) is 0. The van der Waals surface area contributed by atoms with Crippen LogP contribution in [-0.2, 0) is 11.2 Å². The Morgan fingerprint density at radius 1 is 1.11 bits per heavy atom. The van der Waals surface area contributed by atoms with Crippen LogP contribution in [0.3, 0.4) is 0 Å². The maximum absolute atomic E-state index is 13.1. The van der Waals surface area contributed by atoms with E-state index in [1.807, 2.05) is 24.3 Å². The fourth-order valence-electron chi connectivity index (χ4n) is 2.80. The van der Waals surface area contributed by atoms with Crippen molar-refractivity contribution < 1.29 is 9.53 Å². The van der Waals surface area contributed by atoms with Gasteiger partial charge in [0.1, 0.15) is 5.69 Å². The van der Waals surface area contributed by atoms with Crippen LogP contribution in [0.4, 0.5) is 0 Å². The third-order valence-electron chi connectivity index (χ3n) is 4.06. The van der Waals surface area contributed by atoms with Gasteiger partial charge in [-0.3, -0.25) is 9.78 Å². The van der Waals surface area contributed by atoms with Crippen LogP contribution in [-0.4, -0.2) is 41.9 Å². The molecule has 3 heterocycles. The molecule has 4 rings (SSSR count). The van der Waals surface area contributed by atoms with E-state index >= 15 is 0 Å². The Balaban J connectivity index is 1.91. The Hall–Kier alpha value is -3.88. The first-order valence-corrected chi connectivity index (χ1v) is 8.68. The summed E-state index contributed by atoms with van der Waals surface area (Å²) in [5, 5.41) is 12.5. The summed E-state index contributed by atoms with van der Waals surface area (Å²) in [6.07, 6.45) is 3.53. The number of pyridine rings is 1. The van der Waals surface area contributed by atoms with Crippen molar-refractivity contribution >= 4 is 11.7 Å². The molecule has 9 nitrogen and oxygen atoms in total. The van der Waals surface area contributed by atoms with E-state index < -0.39 is 11.5 Å². The van der Waals surface area contributed by atoms with Gasteiger partial charge in [0.25, 0.3) is 11.3 Å². The Labute approximate surface area is 159 Å². The Morgan fingerprint density at radius 2 is 1.93 bits per heavy atom. The van der Waals surface area contributed by atoms with Gasteiger partial charge in [-0.05, 0) is 30.7 Å². The molecule has 0 unspecified atom stereocenters. The largest absolute Gasteiger partial charge is 0.460 e. The topological polar surface area (TPSA) is 104 Å². The smallest absolute Gasteiger partial charge is 0.376 e. The lowest BCUT2D eigenvalue weighted by Crippen LogP contribution is -2.25. The SMILES string of the molecule is CCOC(=O)c1nn(-c2ccccc2)c2nnc(Cc3cccnc3)c(=O)n12. The van der Waals surface area contributed by atoms with Crippen molar-refractivity contribution in [2.24, 2.45) is 0 Å². The number of para-hydroxylation sites is 1. The summed E-state index contributed by atoms with van der Waals surface area (Å²) in [5.74, 6) is -0.716. The highest BCUT2D eigenvalue weighted by Crippen LogP contribution is 2.12. The van der Waals surface area contributed by atoms with E-state index in [-0.39, 0.29) is 30.3 Å². The van der Waals surface area contributed by atoms with Crippen molar-refractivity contribution in [1.29, 1.82) is 0 Å². The molecule has 0 amide bonds. The Bertz CT molecular complexity index is 1190. The fourth-order valence-corrected chi connectivity index (χ4v) is 2.80. The summed E-state index contributed by atoms with van der Waals surface area (Å²) in [5.41, 5.74) is 1.16. The van der Waals surface area contributed by atoms with Crippen LogP contribution < -0.4 is 5.56 Å². The molecule has 28 heavy (non-hydrogen) atoms. The number of benzene rings is 1. The van der Waals surface area contributed by atoms with Gasteiger partial charge < -0.3 is 4.74 Å². The van der Waals surface area contributed by atoms with E-state index in [1.54, 1.807) is 37.5 Å². The van der Waals surface area contributed by atoms with E-state index in [0.717, 1.165) is 9.96 Å². The minimum absolute atomic E-state index is 0.134. The number of hydrogen-bond acceptors (Lipinski definition) is 7. The molecule has 0 atom stereocenters. The normalized spacial score (nSPS) is 10.9. The predicted octanol–water partition coefficient (Wildman–Crippen LogP) is 1.44. The second-order valence-electron chi connectivity index (χ2n) is 5.92. The summed E-state index contributed by atoms with van der Waals surface area (Å²) in [7, 11) is 0. The molecule has 0 radical (unpaired) electrons. The number of carbonyl (C=O) groups is 1. The van der Waals surface area contributed by atoms with Crippen LogP contribution in [0.25, 0.3) is 11.5 Å². The number of esters is 1. The van der Waals surface area contributed by atoms with Crippen molar-refractivity contribution in [3.8, 4) is 5.69 Å². The first-order chi connectivity index (χ1) is 13.7. The summed E-state index contributed by atoms with van der Waals surface area (Å²) >= 11 is 0. The van der Waals surface area contributed by atoms with E-state index in [9.17, 15) is 9.59 Å². The molecule has 4 aromatic rings. The van der Waals surface area contributed by atoms with Crippen molar-refractivity contribution in [1.82, 2.24) is 29.4 Å². The average molecular weight is 376 g/mol. The second-order valence-corrected chi connectivity index (χ2v) is 5.92. The molecule has 140 valence electrons. The summed E-state index contributed by atoms with van der Waals surface area (Å²) in [6.45, 7) is 1.85. The predicted molar refractivity (Wildman–Crippen MR) is 99.4 cm³/mol. The summed E-state index contributed by atoms with van der Waals surface area (Å²) in [6, 6.07) is 12.7. The third-order valence-corrected chi connectivity index (χ3v) is 4.06. The van der Waals surface area contributed by atoms with E-state index in [1.165, 1.54) is 4.68 Å². The third kappa shape index (κ3) is 3.13.